The molecular weight excluding hydrogens is 350 g/mol. The van der Waals surface area contributed by atoms with Gasteiger partial charge >= 0.3 is 0 Å². The van der Waals surface area contributed by atoms with Crippen molar-refractivity contribution < 1.29 is 8.78 Å². The molecule has 0 bridgehead atoms. The highest BCUT2D eigenvalue weighted by molar-refractivity contribution is 5.37. The molecule has 0 spiro atoms. The SMILES string of the molecule is CC[C@H]1CC[C@H](CC[C@H]2CC[C@H](C=CC#Cc3ccc(F)c(F)c3)CC2)CC1. The summed E-state index contributed by atoms with van der Waals surface area (Å²) in [5, 5.41) is 0. The molecule has 2 saturated carbocycles. The van der Waals surface area contributed by atoms with Crippen molar-refractivity contribution in [1.82, 2.24) is 0 Å². The number of hydrogen-bond acceptors (Lipinski definition) is 0. The van der Waals surface area contributed by atoms with E-state index in [-0.39, 0.29) is 0 Å². The van der Waals surface area contributed by atoms with E-state index in [0.29, 0.717) is 11.5 Å². The molecule has 0 heterocycles. The van der Waals surface area contributed by atoms with Crippen LogP contribution >= 0.6 is 0 Å². The number of benzene rings is 1. The summed E-state index contributed by atoms with van der Waals surface area (Å²) in [5.41, 5.74) is 0.514. The largest absolute Gasteiger partial charge is 0.204 e. The maximum Gasteiger partial charge on any atom is 0.160 e. The molecule has 0 saturated heterocycles. The number of rotatable bonds is 5. The van der Waals surface area contributed by atoms with Crippen LogP contribution in [0.15, 0.2) is 30.4 Å². The molecule has 152 valence electrons. The summed E-state index contributed by atoms with van der Waals surface area (Å²) >= 11 is 0. The number of halogens is 2. The quantitative estimate of drug-likeness (QED) is 0.457. The van der Waals surface area contributed by atoms with Gasteiger partial charge in [-0.15, -0.1) is 0 Å². The average Bonchev–Trinajstić information content (AvgIpc) is 2.73. The fraction of sp³-hybridized carbons (Fsp3) is 0.615. The molecule has 0 aliphatic heterocycles. The normalized spacial score (nSPS) is 28.1. The Morgan fingerprint density at radius 2 is 1.46 bits per heavy atom. The topological polar surface area (TPSA) is 0 Å². The smallest absolute Gasteiger partial charge is 0.160 e. The van der Waals surface area contributed by atoms with Gasteiger partial charge in [-0.05, 0) is 73.6 Å². The van der Waals surface area contributed by atoms with Crippen molar-refractivity contribution in [2.45, 2.75) is 77.6 Å². The van der Waals surface area contributed by atoms with Gasteiger partial charge in [0.05, 0.1) is 0 Å². The summed E-state index contributed by atoms with van der Waals surface area (Å²) < 4.78 is 26.1. The fourth-order valence-electron chi connectivity index (χ4n) is 4.95. The second kappa shape index (κ2) is 10.8. The van der Waals surface area contributed by atoms with E-state index in [1.807, 2.05) is 6.08 Å². The summed E-state index contributed by atoms with van der Waals surface area (Å²) in [7, 11) is 0. The van der Waals surface area contributed by atoms with E-state index >= 15 is 0 Å². The van der Waals surface area contributed by atoms with Gasteiger partial charge in [0.2, 0.25) is 0 Å². The summed E-state index contributed by atoms with van der Waals surface area (Å²) in [6, 6.07) is 3.79. The van der Waals surface area contributed by atoms with Crippen molar-refractivity contribution in [3.05, 3.63) is 47.5 Å². The van der Waals surface area contributed by atoms with E-state index in [9.17, 15) is 8.78 Å². The highest BCUT2D eigenvalue weighted by atomic mass is 19.2. The van der Waals surface area contributed by atoms with E-state index in [1.165, 1.54) is 76.7 Å². The molecule has 28 heavy (non-hydrogen) atoms. The van der Waals surface area contributed by atoms with Crippen LogP contribution in [0.5, 0.6) is 0 Å². The molecule has 0 N–H and O–H groups in total. The van der Waals surface area contributed by atoms with Gasteiger partial charge in [-0.1, -0.05) is 69.8 Å². The van der Waals surface area contributed by atoms with Crippen LogP contribution in [0.1, 0.15) is 83.1 Å². The van der Waals surface area contributed by atoms with E-state index < -0.39 is 11.6 Å². The van der Waals surface area contributed by atoms with E-state index in [4.69, 9.17) is 0 Å². The van der Waals surface area contributed by atoms with Crippen LogP contribution in [0.2, 0.25) is 0 Å². The van der Waals surface area contributed by atoms with Gasteiger partial charge in [0, 0.05) is 5.56 Å². The summed E-state index contributed by atoms with van der Waals surface area (Å²) in [5.74, 6) is 7.71. The minimum absolute atomic E-state index is 0.514. The Bertz CT molecular complexity index is 693. The third-order valence-corrected chi connectivity index (χ3v) is 7.01. The second-order valence-electron chi connectivity index (χ2n) is 8.91. The zero-order valence-electron chi connectivity index (χ0n) is 17.2. The van der Waals surface area contributed by atoms with E-state index in [2.05, 4.69) is 24.8 Å². The predicted octanol–water partition coefficient (Wildman–Crippen LogP) is 7.68. The summed E-state index contributed by atoms with van der Waals surface area (Å²) in [4.78, 5) is 0. The van der Waals surface area contributed by atoms with Crippen LogP contribution < -0.4 is 0 Å². The second-order valence-corrected chi connectivity index (χ2v) is 8.91. The zero-order valence-corrected chi connectivity index (χ0v) is 17.2. The molecule has 1 aromatic rings. The monoisotopic (exact) mass is 384 g/mol. The van der Waals surface area contributed by atoms with Gasteiger partial charge in [0.25, 0.3) is 0 Å². The molecule has 2 aliphatic rings. The maximum atomic E-state index is 13.2. The lowest BCUT2D eigenvalue weighted by Gasteiger charge is -2.31. The van der Waals surface area contributed by atoms with Crippen molar-refractivity contribution in [3.8, 4) is 11.8 Å². The van der Waals surface area contributed by atoms with Crippen LogP contribution in [0.25, 0.3) is 0 Å². The van der Waals surface area contributed by atoms with Crippen LogP contribution in [-0.4, -0.2) is 0 Å². The van der Waals surface area contributed by atoms with E-state index in [0.717, 1.165) is 29.9 Å². The first-order chi connectivity index (χ1) is 13.6. The first-order valence-electron chi connectivity index (χ1n) is 11.3. The molecule has 0 amide bonds. The van der Waals surface area contributed by atoms with E-state index in [1.54, 1.807) is 0 Å². The molecule has 0 atom stereocenters. The van der Waals surface area contributed by atoms with Crippen molar-refractivity contribution in [1.29, 1.82) is 0 Å². The minimum Gasteiger partial charge on any atom is -0.204 e. The number of hydrogen-bond donors (Lipinski definition) is 0. The Balaban J connectivity index is 1.34. The molecule has 0 unspecified atom stereocenters. The Morgan fingerprint density at radius 3 is 2.07 bits per heavy atom. The highest BCUT2D eigenvalue weighted by Crippen LogP contribution is 2.37. The van der Waals surface area contributed by atoms with Gasteiger partial charge in [0.15, 0.2) is 11.6 Å². The van der Waals surface area contributed by atoms with Crippen LogP contribution in [0.4, 0.5) is 8.78 Å². The standard InChI is InChI=1S/C26H34F2/c1-2-20-7-9-22(10-8-20)15-16-23-13-11-21(12-14-23)5-3-4-6-24-17-18-25(27)26(28)19-24/h3,5,17-23H,2,7-16H2,1H3/t20-,21-,22-,23-. The Labute approximate surface area is 169 Å². The molecule has 2 fully saturated rings. The number of allylic oxidation sites excluding steroid dienone is 2. The van der Waals surface area contributed by atoms with Gasteiger partial charge in [-0.3, -0.25) is 0 Å². The summed E-state index contributed by atoms with van der Waals surface area (Å²) in [6.45, 7) is 2.34. The third-order valence-electron chi connectivity index (χ3n) is 7.01. The van der Waals surface area contributed by atoms with Crippen LogP contribution in [0.3, 0.4) is 0 Å². The first-order valence-corrected chi connectivity index (χ1v) is 11.3. The molecule has 3 rings (SSSR count). The Hall–Kier alpha value is -1.62. The van der Waals surface area contributed by atoms with Crippen molar-refractivity contribution in [2.24, 2.45) is 23.7 Å². The highest BCUT2D eigenvalue weighted by Gasteiger charge is 2.23. The van der Waals surface area contributed by atoms with Crippen LogP contribution in [-0.2, 0) is 0 Å². The van der Waals surface area contributed by atoms with Gasteiger partial charge < -0.3 is 0 Å². The lowest BCUT2D eigenvalue weighted by molar-refractivity contribution is 0.224. The molecule has 2 aliphatic carbocycles. The van der Waals surface area contributed by atoms with Crippen molar-refractivity contribution >= 4 is 0 Å². The summed E-state index contributed by atoms with van der Waals surface area (Å²) in [6.07, 6.45) is 19.4. The molecule has 0 nitrogen and oxygen atoms in total. The fourth-order valence-corrected chi connectivity index (χ4v) is 4.95. The molecular formula is C26H34F2. The lowest BCUT2D eigenvalue weighted by atomic mass is 9.75. The molecule has 1 aromatic carbocycles. The zero-order chi connectivity index (χ0) is 19.8. The average molecular weight is 385 g/mol. The Kier molecular flexibility index (Phi) is 8.13. The van der Waals surface area contributed by atoms with Crippen molar-refractivity contribution in [3.63, 3.8) is 0 Å². The molecule has 0 aromatic heterocycles. The predicted molar refractivity (Wildman–Crippen MR) is 113 cm³/mol. The van der Waals surface area contributed by atoms with Crippen LogP contribution in [0, 0.1) is 47.1 Å². The Morgan fingerprint density at radius 1 is 0.857 bits per heavy atom. The lowest BCUT2D eigenvalue weighted by Crippen LogP contribution is -2.17. The van der Waals surface area contributed by atoms with Gasteiger partial charge in [-0.25, -0.2) is 8.78 Å². The molecule has 0 radical (unpaired) electrons. The third kappa shape index (κ3) is 6.47. The minimum atomic E-state index is -0.840. The van der Waals surface area contributed by atoms with Gasteiger partial charge in [0.1, 0.15) is 0 Å². The first kappa shape index (κ1) is 21.1. The van der Waals surface area contributed by atoms with Crippen molar-refractivity contribution in [2.75, 3.05) is 0 Å². The van der Waals surface area contributed by atoms with Gasteiger partial charge in [-0.2, -0.15) is 0 Å². The molecule has 2 heteroatoms. The maximum absolute atomic E-state index is 13.2.